The molecule has 3 aromatic rings. The standard InChI is InChI=1S/C26H24N2O2/c1-3-16-29-21-14-12-19(13-15-21)23-17-24-22-6-4-5-7-25(22)30-26(28(24)27-23)20-10-8-18(2)9-11-20/h3-15,24,26H,1,16-17H2,2H3/t24-,26-/m1/s1. The third-order valence-electron chi connectivity index (χ3n) is 5.62. The third kappa shape index (κ3) is 3.35. The third-order valence-corrected chi connectivity index (χ3v) is 5.62. The van der Waals surface area contributed by atoms with Gasteiger partial charge in [-0.25, -0.2) is 5.01 Å². The van der Waals surface area contributed by atoms with E-state index in [1.54, 1.807) is 6.08 Å². The number of aryl methyl sites for hydroxylation is 1. The number of para-hydroxylation sites is 1. The van der Waals surface area contributed by atoms with Crippen molar-refractivity contribution in [3.63, 3.8) is 0 Å². The van der Waals surface area contributed by atoms with Crippen molar-refractivity contribution in [1.29, 1.82) is 0 Å². The number of hydrogen-bond donors (Lipinski definition) is 0. The van der Waals surface area contributed by atoms with Crippen molar-refractivity contribution in [3.8, 4) is 11.5 Å². The van der Waals surface area contributed by atoms with Crippen LogP contribution in [0.1, 0.15) is 40.9 Å². The number of hydrogen-bond acceptors (Lipinski definition) is 4. The summed E-state index contributed by atoms with van der Waals surface area (Å²) in [6.45, 7) is 6.29. The molecule has 2 atom stereocenters. The minimum absolute atomic E-state index is 0.160. The van der Waals surface area contributed by atoms with E-state index in [0.717, 1.165) is 34.8 Å². The number of ether oxygens (including phenoxy) is 2. The zero-order valence-corrected chi connectivity index (χ0v) is 17.0. The van der Waals surface area contributed by atoms with Crippen LogP contribution in [0.25, 0.3) is 0 Å². The van der Waals surface area contributed by atoms with Crippen molar-refractivity contribution in [1.82, 2.24) is 5.01 Å². The summed E-state index contributed by atoms with van der Waals surface area (Å²) < 4.78 is 12.0. The molecule has 4 nitrogen and oxygen atoms in total. The fourth-order valence-corrected chi connectivity index (χ4v) is 4.06. The van der Waals surface area contributed by atoms with Crippen LogP contribution in [-0.2, 0) is 0 Å². The molecule has 2 aliphatic heterocycles. The summed E-state index contributed by atoms with van der Waals surface area (Å²) in [5.41, 5.74) is 5.70. The molecule has 2 aliphatic rings. The Balaban J connectivity index is 1.49. The normalized spacial score (nSPS) is 19.4. The zero-order valence-electron chi connectivity index (χ0n) is 17.0. The SMILES string of the molecule is C=CCOc1ccc(C2=NN3[C@H](C2)c2ccccc2O[C@@H]3c2ccc(C)cc2)cc1. The lowest BCUT2D eigenvalue weighted by molar-refractivity contribution is -0.0190. The van der Waals surface area contributed by atoms with Crippen molar-refractivity contribution in [2.75, 3.05) is 6.61 Å². The van der Waals surface area contributed by atoms with E-state index in [2.05, 4.69) is 73.1 Å². The summed E-state index contributed by atoms with van der Waals surface area (Å²) in [6.07, 6.45) is 2.35. The number of fused-ring (bicyclic) bond motifs is 3. The molecule has 30 heavy (non-hydrogen) atoms. The molecule has 0 aliphatic carbocycles. The molecular formula is C26H24N2O2. The van der Waals surface area contributed by atoms with Gasteiger partial charge in [-0.3, -0.25) is 0 Å². The Labute approximate surface area is 177 Å². The second kappa shape index (κ2) is 7.71. The monoisotopic (exact) mass is 396 g/mol. The quantitative estimate of drug-likeness (QED) is 0.511. The molecule has 0 aromatic heterocycles. The highest BCUT2D eigenvalue weighted by molar-refractivity contribution is 6.02. The van der Waals surface area contributed by atoms with E-state index in [1.165, 1.54) is 11.1 Å². The maximum Gasteiger partial charge on any atom is 0.213 e. The maximum atomic E-state index is 6.41. The van der Waals surface area contributed by atoms with Gasteiger partial charge in [-0.15, -0.1) is 0 Å². The van der Waals surface area contributed by atoms with Gasteiger partial charge in [0.15, 0.2) is 0 Å². The lowest BCUT2D eigenvalue weighted by Crippen LogP contribution is -2.33. The van der Waals surface area contributed by atoms with Gasteiger partial charge in [-0.05, 0) is 42.8 Å². The van der Waals surface area contributed by atoms with Gasteiger partial charge < -0.3 is 9.47 Å². The summed E-state index contributed by atoms with van der Waals surface area (Å²) in [5.74, 6) is 1.77. The molecule has 0 radical (unpaired) electrons. The maximum absolute atomic E-state index is 6.41. The number of benzene rings is 3. The highest BCUT2D eigenvalue weighted by atomic mass is 16.5. The lowest BCUT2D eigenvalue weighted by Gasteiger charge is -2.38. The van der Waals surface area contributed by atoms with Crippen LogP contribution in [-0.4, -0.2) is 17.3 Å². The average molecular weight is 396 g/mol. The molecule has 2 heterocycles. The molecule has 0 spiro atoms. The lowest BCUT2D eigenvalue weighted by atomic mass is 9.96. The van der Waals surface area contributed by atoms with E-state index >= 15 is 0 Å². The molecular weight excluding hydrogens is 372 g/mol. The molecule has 0 amide bonds. The van der Waals surface area contributed by atoms with E-state index in [0.29, 0.717) is 6.61 Å². The number of rotatable bonds is 5. The number of nitrogens with zero attached hydrogens (tertiary/aromatic N) is 2. The van der Waals surface area contributed by atoms with Gasteiger partial charge >= 0.3 is 0 Å². The Morgan fingerprint density at radius 3 is 2.60 bits per heavy atom. The Bertz CT molecular complexity index is 1090. The first-order valence-electron chi connectivity index (χ1n) is 10.2. The van der Waals surface area contributed by atoms with Crippen LogP contribution in [0.15, 0.2) is 90.6 Å². The largest absolute Gasteiger partial charge is 0.490 e. The summed E-state index contributed by atoms with van der Waals surface area (Å²) in [5, 5.41) is 7.13. The van der Waals surface area contributed by atoms with Crippen LogP contribution in [0, 0.1) is 6.92 Å². The van der Waals surface area contributed by atoms with Gasteiger partial charge in [0.05, 0.1) is 11.8 Å². The smallest absolute Gasteiger partial charge is 0.213 e. The molecule has 0 N–H and O–H groups in total. The molecule has 4 heteroatoms. The van der Waals surface area contributed by atoms with Gasteiger partial charge in [-0.2, -0.15) is 5.10 Å². The van der Waals surface area contributed by atoms with Gasteiger partial charge in [0, 0.05) is 17.5 Å². The predicted molar refractivity (Wildman–Crippen MR) is 119 cm³/mol. The fraction of sp³-hybridized carbons (Fsp3) is 0.192. The molecule has 5 rings (SSSR count). The molecule has 0 fully saturated rings. The van der Waals surface area contributed by atoms with E-state index < -0.39 is 0 Å². The van der Waals surface area contributed by atoms with Crippen LogP contribution in [0.4, 0.5) is 0 Å². The second-order valence-corrected chi connectivity index (χ2v) is 7.69. The van der Waals surface area contributed by atoms with E-state index in [-0.39, 0.29) is 12.3 Å². The van der Waals surface area contributed by atoms with Crippen LogP contribution < -0.4 is 9.47 Å². The minimum Gasteiger partial charge on any atom is -0.490 e. The van der Waals surface area contributed by atoms with Crippen molar-refractivity contribution >= 4 is 5.71 Å². The molecule has 0 unspecified atom stereocenters. The minimum atomic E-state index is -0.238. The first kappa shape index (κ1) is 18.5. The summed E-state index contributed by atoms with van der Waals surface area (Å²) in [6, 6.07) is 25.1. The Hall–Kier alpha value is -3.53. The number of hydrazone groups is 1. The molecule has 0 saturated carbocycles. The summed E-state index contributed by atoms with van der Waals surface area (Å²) in [4.78, 5) is 0. The summed E-state index contributed by atoms with van der Waals surface area (Å²) in [7, 11) is 0. The second-order valence-electron chi connectivity index (χ2n) is 7.69. The zero-order chi connectivity index (χ0) is 20.5. The van der Waals surface area contributed by atoms with E-state index in [1.807, 2.05) is 18.2 Å². The van der Waals surface area contributed by atoms with Crippen LogP contribution in [0.3, 0.4) is 0 Å². The molecule has 3 aromatic carbocycles. The highest BCUT2D eigenvalue weighted by Gasteiger charge is 2.40. The average Bonchev–Trinajstić information content (AvgIpc) is 3.24. The van der Waals surface area contributed by atoms with Crippen molar-refractivity contribution in [2.24, 2.45) is 5.10 Å². The van der Waals surface area contributed by atoms with Crippen molar-refractivity contribution in [3.05, 3.63) is 108 Å². The van der Waals surface area contributed by atoms with Crippen LogP contribution in [0.2, 0.25) is 0 Å². The first-order valence-corrected chi connectivity index (χ1v) is 10.2. The van der Waals surface area contributed by atoms with E-state index in [4.69, 9.17) is 14.6 Å². The van der Waals surface area contributed by atoms with Gasteiger partial charge in [0.1, 0.15) is 18.1 Å². The van der Waals surface area contributed by atoms with Gasteiger partial charge in [0.2, 0.25) is 6.23 Å². The molecule has 150 valence electrons. The van der Waals surface area contributed by atoms with Crippen LogP contribution >= 0.6 is 0 Å². The van der Waals surface area contributed by atoms with Crippen LogP contribution in [0.5, 0.6) is 11.5 Å². The predicted octanol–water partition coefficient (Wildman–Crippen LogP) is 5.80. The Kier molecular flexibility index (Phi) is 4.75. The Morgan fingerprint density at radius 2 is 1.83 bits per heavy atom. The molecule has 0 saturated heterocycles. The first-order chi connectivity index (χ1) is 14.7. The van der Waals surface area contributed by atoms with Crippen molar-refractivity contribution in [2.45, 2.75) is 25.6 Å². The topological polar surface area (TPSA) is 34.1 Å². The fourth-order valence-electron chi connectivity index (χ4n) is 4.06. The Morgan fingerprint density at radius 1 is 1.07 bits per heavy atom. The molecule has 0 bridgehead atoms. The summed E-state index contributed by atoms with van der Waals surface area (Å²) >= 11 is 0. The highest BCUT2D eigenvalue weighted by Crippen LogP contribution is 2.47. The van der Waals surface area contributed by atoms with Gasteiger partial charge in [-0.1, -0.05) is 60.7 Å². The van der Waals surface area contributed by atoms with Gasteiger partial charge in [0.25, 0.3) is 0 Å². The van der Waals surface area contributed by atoms with E-state index in [9.17, 15) is 0 Å². The van der Waals surface area contributed by atoms with Crippen molar-refractivity contribution < 1.29 is 9.47 Å².